The standard InChI is InChI=1S/C20H23N3O7S2/c1-14(24)15-4-6-16(7-5-15)31(27,28)21-13-20(26)22-18-12-17(8-9-19(18)25)32(29,30)23-10-2-3-11-23/h4-9,12,21,25H,2-3,10-11,13H2,1H3,(H,22,26). The van der Waals surface area contributed by atoms with Crippen LogP contribution in [-0.4, -0.2) is 57.6 Å². The van der Waals surface area contributed by atoms with Gasteiger partial charge in [-0.05, 0) is 50.1 Å². The van der Waals surface area contributed by atoms with Gasteiger partial charge in [0.05, 0.1) is 22.0 Å². The molecule has 1 fully saturated rings. The number of aromatic hydroxyl groups is 1. The maximum absolute atomic E-state index is 12.7. The Morgan fingerprint density at radius 2 is 1.56 bits per heavy atom. The number of nitrogens with zero attached hydrogens (tertiary/aromatic N) is 1. The van der Waals surface area contributed by atoms with E-state index in [2.05, 4.69) is 10.0 Å². The van der Waals surface area contributed by atoms with Gasteiger partial charge in [0.15, 0.2) is 5.78 Å². The van der Waals surface area contributed by atoms with Crippen LogP contribution in [0, 0.1) is 0 Å². The zero-order valence-corrected chi connectivity index (χ0v) is 18.9. The minimum absolute atomic E-state index is 0.0846. The summed E-state index contributed by atoms with van der Waals surface area (Å²) in [5, 5.41) is 12.3. The Labute approximate surface area is 186 Å². The fourth-order valence-electron chi connectivity index (χ4n) is 3.16. The molecular formula is C20H23N3O7S2. The van der Waals surface area contributed by atoms with Crippen LogP contribution in [0.1, 0.15) is 30.1 Å². The van der Waals surface area contributed by atoms with Crippen LogP contribution < -0.4 is 10.0 Å². The van der Waals surface area contributed by atoms with E-state index in [1.807, 2.05) is 0 Å². The summed E-state index contributed by atoms with van der Waals surface area (Å²) in [5.74, 6) is -1.38. The fourth-order valence-corrected chi connectivity index (χ4v) is 5.69. The quantitative estimate of drug-likeness (QED) is 0.380. The number of carbonyl (C=O) groups is 2. The molecule has 1 amide bonds. The van der Waals surface area contributed by atoms with Crippen molar-refractivity contribution in [2.75, 3.05) is 25.0 Å². The number of rotatable bonds is 8. The summed E-state index contributed by atoms with van der Waals surface area (Å²) in [6, 6.07) is 8.74. The number of Topliss-reactive ketones (excluding diaryl/α,β-unsaturated/α-hetero) is 1. The number of ketones is 1. The maximum atomic E-state index is 12.7. The van der Waals surface area contributed by atoms with E-state index in [-0.39, 0.29) is 27.0 Å². The third-order valence-corrected chi connectivity index (χ3v) is 8.25. The van der Waals surface area contributed by atoms with Gasteiger partial charge in [-0.3, -0.25) is 9.59 Å². The number of nitrogens with one attached hydrogen (secondary N) is 2. The van der Waals surface area contributed by atoms with Gasteiger partial charge in [-0.15, -0.1) is 0 Å². The van der Waals surface area contributed by atoms with Crippen LogP contribution in [0.3, 0.4) is 0 Å². The Kier molecular flexibility index (Phi) is 6.98. The molecule has 0 spiro atoms. The number of hydrogen-bond acceptors (Lipinski definition) is 7. The number of benzene rings is 2. The van der Waals surface area contributed by atoms with Gasteiger partial charge in [-0.2, -0.15) is 4.31 Å². The average Bonchev–Trinajstić information content (AvgIpc) is 3.30. The second-order valence-corrected chi connectivity index (χ2v) is 10.9. The molecule has 1 aliphatic rings. The summed E-state index contributed by atoms with van der Waals surface area (Å²) in [6.07, 6.45) is 1.52. The molecular weight excluding hydrogens is 458 g/mol. The van der Waals surface area contributed by atoms with E-state index < -0.39 is 32.5 Å². The molecule has 0 bridgehead atoms. The molecule has 10 nitrogen and oxygen atoms in total. The van der Waals surface area contributed by atoms with Crippen molar-refractivity contribution < 1.29 is 31.5 Å². The Hall–Kier alpha value is -2.80. The van der Waals surface area contributed by atoms with Crippen molar-refractivity contribution in [3.63, 3.8) is 0 Å². The summed E-state index contributed by atoms with van der Waals surface area (Å²) >= 11 is 0. The average molecular weight is 482 g/mol. The summed E-state index contributed by atoms with van der Waals surface area (Å²) in [7, 11) is -7.79. The smallest absolute Gasteiger partial charge is 0.243 e. The Morgan fingerprint density at radius 1 is 0.969 bits per heavy atom. The molecule has 0 aliphatic carbocycles. The molecule has 1 saturated heterocycles. The zero-order chi connectivity index (χ0) is 23.5. The Balaban J connectivity index is 1.68. The van der Waals surface area contributed by atoms with E-state index in [1.54, 1.807) is 0 Å². The van der Waals surface area contributed by atoms with E-state index in [0.717, 1.165) is 25.0 Å². The van der Waals surface area contributed by atoms with Gasteiger partial charge >= 0.3 is 0 Å². The molecule has 3 N–H and O–H groups in total. The largest absolute Gasteiger partial charge is 0.506 e. The monoisotopic (exact) mass is 481 g/mol. The van der Waals surface area contributed by atoms with Crippen LogP contribution in [0.15, 0.2) is 52.3 Å². The van der Waals surface area contributed by atoms with Crippen molar-refractivity contribution >= 4 is 37.4 Å². The van der Waals surface area contributed by atoms with Crippen LogP contribution in [0.2, 0.25) is 0 Å². The van der Waals surface area contributed by atoms with Crippen molar-refractivity contribution in [2.45, 2.75) is 29.6 Å². The molecule has 3 rings (SSSR count). The van der Waals surface area contributed by atoms with Crippen LogP contribution in [0.25, 0.3) is 0 Å². The van der Waals surface area contributed by atoms with Crippen LogP contribution >= 0.6 is 0 Å². The lowest BCUT2D eigenvalue weighted by atomic mass is 10.2. The van der Waals surface area contributed by atoms with Crippen molar-refractivity contribution in [1.29, 1.82) is 0 Å². The van der Waals surface area contributed by atoms with Gasteiger partial charge in [0, 0.05) is 18.7 Å². The second kappa shape index (κ2) is 9.36. The number of anilines is 1. The first kappa shape index (κ1) is 23.9. The first-order valence-corrected chi connectivity index (χ1v) is 12.7. The molecule has 2 aromatic carbocycles. The highest BCUT2D eigenvalue weighted by Crippen LogP contribution is 2.29. The van der Waals surface area contributed by atoms with Gasteiger partial charge < -0.3 is 10.4 Å². The van der Waals surface area contributed by atoms with Crippen molar-refractivity contribution in [3.8, 4) is 5.75 Å². The number of hydrogen-bond donors (Lipinski definition) is 3. The van der Waals surface area contributed by atoms with Crippen LogP contribution in [0.4, 0.5) is 5.69 Å². The lowest BCUT2D eigenvalue weighted by molar-refractivity contribution is -0.115. The lowest BCUT2D eigenvalue weighted by Crippen LogP contribution is -2.33. The topological polar surface area (TPSA) is 150 Å². The molecule has 0 saturated carbocycles. The van der Waals surface area contributed by atoms with Gasteiger partial charge in [-0.1, -0.05) is 12.1 Å². The third kappa shape index (κ3) is 5.33. The van der Waals surface area contributed by atoms with Crippen LogP contribution in [0.5, 0.6) is 5.75 Å². The number of carbonyl (C=O) groups excluding carboxylic acids is 2. The fraction of sp³-hybridized carbons (Fsp3) is 0.300. The molecule has 32 heavy (non-hydrogen) atoms. The highest BCUT2D eigenvalue weighted by Gasteiger charge is 2.28. The molecule has 0 atom stereocenters. The number of sulfonamides is 2. The van der Waals surface area contributed by atoms with Gasteiger partial charge in [-0.25, -0.2) is 21.6 Å². The van der Waals surface area contributed by atoms with E-state index >= 15 is 0 Å². The molecule has 0 radical (unpaired) electrons. The molecule has 0 aromatic heterocycles. The van der Waals surface area contributed by atoms with Crippen LogP contribution in [-0.2, 0) is 24.8 Å². The summed E-state index contributed by atoms with van der Waals surface area (Å²) in [5.41, 5.74) is 0.196. The van der Waals surface area contributed by atoms with E-state index in [4.69, 9.17) is 0 Å². The van der Waals surface area contributed by atoms with E-state index in [9.17, 15) is 31.5 Å². The minimum atomic E-state index is -4.03. The predicted octanol–water partition coefficient (Wildman–Crippen LogP) is 1.30. The predicted molar refractivity (Wildman–Crippen MR) is 116 cm³/mol. The number of amides is 1. The van der Waals surface area contributed by atoms with E-state index in [0.29, 0.717) is 18.7 Å². The molecule has 0 unspecified atom stereocenters. The number of phenolic OH excluding ortho intramolecular Hbond substituents is 1. The summed E-state index contributed by atoms with van der Waals surface area (Å²) in [4.78, 5) is 23.3. The molecule has 12 heteroatoms. The highest BCUT2D eigenvalue weighted by molar-refractivity contribution is 7.89. The zero-order valence-electron chi connectivity index (χ0n) is 17.2. The first-order valence-electron chi connectivity index (χ1n) is 9.74. The normalized spacial score (nSPS) is 14.9. The first-order chi connectivity index (χ1) is 15.0. The van der Waals surface area contributed by atoms with Gasteiger partial charge in [0.2, 0.25) is 26.0 Å². The maximum Gasteiger partial charge on any atom is 0.243 e. The molecule has 2 aromatic rings. The second-order valence-electron chi connectivity index (χ2n) is 7.24. The van der Waals surface area contributed by atoms with Crippen molar-refractivity contribution in [3.05, 3.63) is 48.0 Å². The van der Waals surface area contributed by atoms with Gasteiger partial charge in [0.25, 0.3) is 0 Å². The molecule has 1 aliphatic heterocycles. The van der Waals surface area contributed by atoms with Crippen molar-refractivity contribution in [1.82, 2.24) is 9.03 Å². The number of phenols is 1. The minimum Gasteiger partial charge on any atom is -0.506 e. The molecule has 1 heterocycles. The third-order valence-electron chi connectivity index (χ3n) is 4.94. The Morgan fingerprint density at radius 3 is 2.16 bits per heavy atom. The Bertz CT molecular complexity index is 1230. The molecule has 172 valence electrons. The highest BCUT2D eigenvalue weighted by atomic mass is 32.2. The van der Waals surface area contributed by atoms with E-state index in [1.165, 1.54) is 41.6 Å². The lowest BCUT2D eigenvalue weighted by Gasteiger charge is -2.16. The van der Waals surface area contributed by atoms with Gasteiger partial charge in [0.1, 0.15) is 5.75 Å². The summed E-state index contributed by atoms with van der Waals surface area (Å²) in [6.45, 7) is 1.51. The summed E-state index contributed by atoms with van der Waals surface area (Å²) < 4.78 is 53.5. The van der Waals surface area contributed by atoms with Crippen molar-refractivity contribution in [2.24, 2.45) is 0 Å². The SMILES string of the molecule is CC(=O)c1ccc(S(=O)(=O)NCC(=O)Nc2cc(S(=O)(=O)N3CCCC3)ccc2O)cc1.